The quantitative estimate of drug-likeness (QED) is 0.840. The zero-order valence-corrected chi connectivity index (χ0v) is 11.1. The lowest BCUT2D eigenvalue weighted by molar-refractivity contribution is -0.139. The molecule has 1 aliphatic heterocycles. The van der Waals surface area contributed by atoms with Gasteiger partial charge in [0.05, 0.1) is 6.42 Å². The normalized spacial score (nSPS) is 23.0. The monoisotopic (exact) mass is 258 g/mol. The number of carbonyl (C=O) groups excluding carboxylic acids is 2. The van der Waals surface area contributed by atoms with Crippen LogP contribution in [0.25, 0.3) is 0 Å². The average Bonchev–Trinajstić information content (AvgIpc) is 3.19. The van der Waals surface area contributed by atoms with Gasteiger partial charge in [0, 0.05) is 11.7 Å². The number of amides is 2. The Morgan fingerprint density at radius 2 is 2.11 bits per heavy atom. The van der Waals surface area contributed by atoms with Crippen LogP contribution < -0.4 is 5.32 Å². The van der Waals surface area contributed by atoms with Crippen molar-refractivity contribution in [2.75, 3.05) is 5.32 Å². The number of rotatable bonds is 4. The maximum Gasteiger partial charge on any atom is 0.252 e. The minimum absolute atomic E-state index is 0.0309. The molecule has 4 nitrogen and oxygen atoms in total. The van der Waals surface area contributed by atoms with Gasteiger partial charge in [-0.25, -0.2) is 0 Å². The van der Waals surface area contributed by atoms with Crippen molar-refractivity contribution in [2.45, 2.75) is 44.7 Å². The summed E-state index contributed by atoms with van der Waals surface area (Å²) in [5.41, 5.74) is 2.14. The van der Waals surface area contributed by atoms with Gasteiger partial charge in [-0.2, -0.15) is 0 Å². The molecule has 1 saturated heterocycles. The predicted molar refractivity (Wildman–Crippen MR) is 72.7 cm³/mol. The minimum Gasteiger partial charge on any atom is -0.373 e. The number of anilines is 1. The Hall–Kier alpha value is -1.84. The molecule has 4 heteroatoms. The molecule has 1 heterocycles. The summed E-state index contributed by atoms with van der Waals surface area (Å²) in [4.78, 5) is 25.5. The van der Waals surface area contributed by atoms with Crippen LogP contribution in [0.3, 0.4) is 0 Å². The Morgan fingerprint density at radius 1 is 1.32 bits per heavy atom. The van der Waals surface area contributed by atoms with Crippen LogP contribution in [-0.4, -0.2) is 28.8 Å². The number of hydrogen-bond acceptors (Lipinski definition) is 3. The van der Waals surface area contributed by atoms with Gasteiger partial charge in [-0.3, -0.25) is 14.5 Å². The largest absolute Gasteiger partial charge is 0.373 e. The first-order chi connectivity index (χ1) is 9.19. The number of likely N-dealkylation sites (tertiary alicyclic amines) is 1. The highest BCUT2D eigenvalue weighted by Gasteiger charge is 2.46. The van der Waals surface area contributed by atoms with Gasteiger partial charge in [0.25, 0.3) is 5.91 Å². The van der Waals surface area contributed by atoms with Gasteiger partial charge < -0.3 is 5.32 Å². The molecule has 0 bridgehead atoms. The first kappa shape index (κ1) is 12.2. The van der Waals surface area contributed by atoms with Crippen molar-refractivity contribution >= 4 is 17.5 Å². The molecule has 1 aromatic rings. The fourth-order valence-corrected chi connectivity index (χ4v) is 2.56. The summed E-state index contributed by atoms with van der Waals surface area (Å²) in [6, 6.07) is 7.80. The second-order valence-corrected chi connectivity index (χ2v) is 5.29. The lowest BCUT2D eigenvalue weighted by atomic mass is 10.1. The SMILES string of the molecule is CCc1cccc(NC2CC(=O)N(C3CC3)C2=O)c1. The van der Waals surface area contributed by atoms with Gasteiger partial charge in [-0.1, -0.05) is 19.1 Å². The summed E-state index contributed by atoms with van der Waals surface area (Å²) in [5.74, 6) is -0.0916. The number of nitrogens with zero attached hydrogens (tertiary/aromatic N) is 1. The van der Waals surface area contributed by atoms with Crippen molar-refractivity contribution in [3.63, 3.8) is 0 Å². The van der Waals surface area contributed by atoms with Gasteiger partial charge in [0.2, 0.25) is 5.91 Å². The molecule has 3 rings (SSSR count). The van der Waals surface area contributed by atoms with Crippen LogP contribution in [-0.2, 0) is 16.0 Å². The third kappa shape index (κ3) is 2.35. The summed E-state index contributed by atoms with van der Waals surface area (Å²) in [6.07, 6.45) is 3.18. The predicted octanol–water partition coefficient (Wildman–Crippen LogP) is 1.95. The lowest BCUT2D eigenvalue weighted by Gasteiger charge is -2.15. The van der Waals surface area contributed by atoms with Crippen molar-refractivity contribution in [1.82, 2.24) is 4.90 Å². The molecular formula is C15H18N2O2. The summed E-state index contributed by atoms with van der Waals surface area (Å²) in [6.45, 7) is 2.10. The van der Waals surface area contributed by atoms with E-state index in [1.807, 2.05) is 18.2 Å². The summed E-state index contributed by atoms with van der Waals surface area (Å²) in [5, 5.41) is 3.20. The Labute approximate surface area is 112 Å². The Balaban J connectivity index is 1.73. The van der Waals surface area contributed by atoms with E-state index in [4.69, 9.17) is 0 Å². The molecule has 1 saturated carbocycles. The molecular weight excluding hydrogens is 240 g/mol. The molecule has 1 aromatic carbocycles. The van der Waals surface area contributed by atoms with E-state index in [-0.39, 0.29) is 30.3 Å². The molecule has 2 amide bonds. The van der Waals surface area contributed by atoms with Gasteiger partial charge in [-0.15, -0.1) is 0 Å². The van der Waals surface area contributed by atoms with Crippen LogP contribution in [0, 0.1) is 0 Å². The lowest BCUT2D eigenvalue weighted by Crippen LogP contribution is -2.36. The van der Waals surface area contributed by atoms with Crippen molar-refractivity contribution in [2.24, 2.45) is 0 Å². The van der Waals surface area contributed by atoms with Crippen LogP contribution in [0.1, 0.15) is 31.7 Å². The molecule has 2 fully saturated rings. The van der Waals surface area contributed by atoms with Crippen LogP contribution in [0.2, 0.25) is 0 Å². The number of aryl methyl sites for hydroxylation is 1. The zero-order valence-electron chi connectivity index (χ0n) is 11.1. The van der Waals surface area contributed by atoms with Crippen molar-refractivity contribution in [3.8, 4) is 0 Å². The molecule has 1 aliphatic carbocycles. The Kier molecular flexibility index (Phi) is 3.01. The maximum atomic E-state index is 12.2. The van der Waals surface area contributed by atoms with Gasteiger partial charge in [0.1, 0.15) is 6.04 Å². The van der Waals surface area contributed by atoms with Crippen LogP contribution >= 0.6 is 0 Å². The highest BCUT2D eigenvalue weighted by molar-refractivity contribution is 6.07. The third-order valence-corrected chi connectivity index (χ3v) is 3.77. The third-order valence-electron chi connectivity index (χ3n) is 3.77. The molecule has 100 valence electrons. The number of carbonyl (C=O) groups is 2. The maximum absolute atomic E-state index is 12.2. The van der Waals surface area contributed by atoms with Crippen molar-refractivity contribution in [1.29, 1.82) is 0 Å². The van der Waals surface area contributed by atoms with E-state index < -0.39 is 0 Å². The second kappa shape index (κ2) is 4.68. The van der Waals surface area contributed by atoms with E-state index in [1.54, 1.807) is 0 Å². The van der Waals surface area contributed by atoms with Gasteiger partial charge in [-0.05, 0) is 37.0 Å². The van der Waals surface area contributed by atoms with E-state index in [0.29, 0.717) is 0 Å². The van der Waals surface area contributed by atoms with Crippen molar-refractivity contribution in [3.05, 3.63) is 29.8 Å². The van der Waals surface area contributed by atoms with E-state index >= 15 is 0 Å². The number of hydrogen-bond donors (Lipinski definition) is 1. The van der Waals surface area contributed by atoms with E-state index in [0.717, 1.165) is 24.9 Å². The molecule has 19 heavy (non-hydrogen) atoms. The molecule has 1 unspecified atom stereocenters. The molecule has 2 aliphatic rings. The highest BCUT2D eigenvalue weighted by atomic mass is 16.2. The standard InChI is InChI=1S/C15H18N2O2/c1-2-10-4-3-5-11(8-10)16-13-9-14(18)17(15(13)19)12-6-7-12/h3-5,8,12-13,16H,2,6-7,9H2,1H3. The first-order valence-electron chi connectivity index (χ1n) is 6.90. The number of benzene rings is 1. The summed E-state index contributed by atoms with van der Waals surface area (Å²) < 4.78 is 0. The molecule has 0 aromatic heterocycles. The number of nitrogens with one attached hydrogen (secondary N) is 1. The second-order valence-electron chi connectivity index (χ2n) is 5.29. The van der Waals surface area contributed by atoms with Crippen molar-refractivity contribution < 1.29 is 9.59 Å². The topological polar surface area (TPSA) is 49.4 Å². The zero-order chi connectivity index (χ0) is 13.4. The van der Waals surface area contributed by atoms with E-state index in [1.165, 1.54) is 10.5 Å². The first-order valence-corrected chi connectivity index (χ1v) is 6.90. The highest BCUT2D eigenvalue weighted by Crippen LogP contribution is 2.32. The van der Waals surface area contributed by atoms with E-state index in [9.17, 15) is 9.59 Å². The average molecular weight is 258 g/mol. The summed E-state index contributed by atoms with van der Waals surface area (Å²) >= 11 is 0. The summed E-state index contributed by atoms with van der Waals surface area (Å²) in [7, 11) is 0. The smallest absolute Gasteiger partial charge is 0.252 e. The molecule has 1 atom stereocenters. The molecule has 0 radical (unpaired) electrons. The van der Waals surface area contributed by atoms with E-state index in [2.05, 4.69) is 18.3 Å². The van der Waals surface area contributed by atoms with Crippen LogP contribution in [0.15, 0.2) is 24.3 Å². The fraction of sp³-hybridized carbons (Fsp3) is 0.467. The Morgan fingerprint density at radius 3 is 2.79 bits per heavy atom. The van der Waals surface area contributed by atoms with Gasteiger partial charge >= 0.3 is 0 Å². The van der Waals surface area contributed by atoms with Crippen LogP contribution in [0.4, 0.5) is 5.69 Å². The molecule has 1 N–H and O–H groups in total. The van der Waals surface area contributed by atoms with Crippen LogP contribution in [0.5, 0.6) is 0 Å². The molecule has 0 spiro atoms. The fourth-order valence-electron chi connectivity index (χ4n) is 2.56. The number of imide groups is 1. The minimum atomic E-state index is -0.389. The Bertz CT molecular complexity index is 523. The van der Waals surface area contributed by atoms with Gasteiger partial charge in [0.15, 0.2) is 0 Å².